The lowest BCUT2D eigenvalue weighted by Crippen LogP contribution is -2.58. The van der Waals surface area contributed by atoms with Gasteiger partial charge in [-0.3, -0.25) is 0 Å². The number of nitrogens with zero attached hydrogens (tertiary/aromatic N) is 4. The van der Waals surface area contributed by atoms with Crippen molar-refractivity contribution in [3.8, 4) is 0 Å². The minimum Gasteiger partial charge on any atom is -0.392 e. The molecule has 1 saturated heterocycles. The van der Waals surface area contributed by atoms with Gasteiger partial charge in [0.25, 0.3) is 0 Å². The molecule has 0 saturated carbocycles. The first-order valence-corrected chi connectivity index (χ1v) is 12.3. The highest BCUT2D eigenvalue weighted by molar-refractivity contribution is 7.90. The lowest BCUT2D eigenvalue weighted by atomic mass is 10.1. The molecule has 1 fully saturated rings. The molecule has 1 aromatic heterocycles. The SMILES string of the molecule is CO[C@H](C)C1CN(c2ccc(CO)c(S(C)(=O)=O)c2)CCN1c1ncc(CO)c(C(F)(F)F)n1. The number of methoxy groups -OCH3 is 1. The summed E-state index contributed by atoms with van der Waals surface area (Å²) < 4.78 is 70.2. The maximum Gasteiger partial charge on any atom is 0.433 e. The highest BCUT2D eigenvalue weighted by Crippen LogP contribution is 2.33. The van der Waals surface area contributed by atoms with Crippen molar-refractivity contribution in [1.29, 1.82) is 0 Å². The Morgan fingerprint density at radius 2 is 1.88 bits per heavy atom. The van der Waals surface area contributed by atoms with Crippen molar-refractivity contribution in [2.24, 2.45) is 0 Å². The topological polar surface area (TPSA) is 116 Å². The number of anilines is 2. The van der Waals surface area contributed by atoms with Gasteiger partial charge in [-0.05, 0) is 24.6 Å². The summed E-state index contributed by atoms with van der Waals surface area (Å²) in [5, 5.41) is 18.8. The second-order valence-corrected chi connectivity index (χ2v) is 10.1. The Bertz CT molecular complexity index is 1130. The van der Waals surface area contributed by atoms with Gasteiger partial charge in [-0.1, -0.05) is 6.07 Å². The van der Waals surface area contributed by atoms with Crippen molar-refractivity contribution in [2.45, 2.75) is 43.4 Å². The van der Waals surface area contributed by atoms with Crippen LogP contribution in [0.4, 0.5) is 24.8 Å². The lowest BCUT2D eigenvalue weighted by Gasteiger charge is -2.44. The third-order valence-electron chi connectivity index (χ3n) is 5.87. The molecular weight excluding hydrogens is 477 g/mol. The van der Waals surface area contributed by atoms with E-state index in [2.05, 4.69) is 9.97 Å². The van der Waals surface area contributed by atoms with Crippen molar-refractivity contribution >= 4 is 21.5 Å². The lowest BCUT2D eigenvalue weighted by molar-refractivity contribution is -0.142. The van der Waals surface area contributed by atoms with Gasteiger partial charge < -0.3 is 24.7 Å². The average molecular weight is 505 g/mol. The summed E-state index contributed by atoms with van der Waals surface area (Å²) >= 11 is 0. The Labute approximate surface area is 195 Å². The number of hydrogen-bond donors (Lipinski definition) is 2. The fourth-order valence-electron chi connectivity index (χ4n) is 3.96. The maximum atomic E-state index is 13.5. The highest BCUT2D eigenvalue weighted by atomic mass is 32.2. The molecule has 0 aliphatic carbocycles. The van der Waals surface area contributed by atoms with E-state index in [1.54, 1.807) is 24.0 Å². The van der Waals surface area contributed by atoms with E-state index in [-0.39, 0.29) is 23.0 Å². The van der Waals surface area contributed by atoms with Crippen molar-refractivity contribution in [3.05, 3.63) is 41.2 Å². The zero-order chi connectivity index (χ0) is 25.3. The monoisotopic (exact) mass is 504 g/mol. The Kier molecular flexibility index (Phi) is 7.70. The molecule has 1 unspecified atom stereocenters. The van der Waals surface area contributed by atoms with Gasteiger partial charge in [0.15, 0.2) is 15.5 Å². The second-order valence-electron chi connectivity index (χ2n) is 8.07. The molecule has 0 amide bonds. The van der Waals surface area contributed by atoms with Crippen molar-refractivity contribution in [2.75, 3.05) is 42.8 Å². The van der Waals surface area contributed by atoms with E-state index in [1.165, 1.54) is 13.2 Å². The molecule has 9 nitrogen and oxygen atoms in total. The third kappa shape index (κ3) is 5.43. The number of piperazine rings is 1. The molecule has 1 aliphatic heterocycles. The van der Waals surface area contributed by atoms with Crippen molar-refractivity contribution in [1.82, 2.24) is 9.97 Å². The van der Waals surface area contributed by atoms with Gasteiger partial charge in [0.2, 0.25) is 5.95 Å². The summed E-state index contributed by atoms with van der Waals surface area (Å²) in [5.74, 6) is -0.134. The van der Waals surface area contributed by atoms with Crippen molar-refractivity contribution < 1.29 is 36.5 Å². The van der Waals surface area contributed by atoms with E-state index < -0.39 is 52.6 Å². The van der Waals surface area contributed by atoms with Crippen LogP contribution in [0.15, 0.2) is 29.3 Å². The van der Waals surface area contributed by atoms with Crippen LogP contribution in [0.3, 0.4) is 0 Å². The molecule has 0 radical (unpaired) electrons. The largest absolute Gasteiger partial charge is 0.433 e. The van der Waals surface area contributed by atoms with Gasteiger partial charge in [-0.15, -0.1) is 0 Å². The van der Waals surface area contributed by atoms with Crippen LogP contribution in [-0.4, -0.2) is 73.7 Å². The quantitative estimate of drug-likeness (QED) is 0.580. The molecular formula is C21H27F3N4O5S. The molecule has 3 rings (SSSR count). The normalized spacial score (nSPS) is 18.3. The van der Waals surface area contributed by atoms with E-state index in [0.717, 1.165) is 12.5 Å². The number of ether oxygens (including phenoxy) is 1. The standard InChI is InChI=1S/C21H27F3N4O5S/c1-13(33-2)17-10-27(16-5-4-14(11-29)18(8-16)34(3,31)32)6-7-28(17)20-25-9-15(12-30)19(26-20)21(22,23)24/h4-5,8-9,13,17,29-30H,6-7,10-12H2,1-3H3/t13-,17?/m1/s1. The van der Waals surface area contributed by atoms with Crippen LogP contribution in [0.5, 0.6) is 0 Å². The Balaban J connectivity index is 1.97. The second kappa shape index (κ2) is 10.0. The van der Waals surface area contributed by atoms with Crippen LogP contribution < -0.4 is 9.80 Å². The summed E-state index contributed by atoms with van der Waals surface area (Å²) in [5.41, 5.74) is -0.728. The van der Waals surface area contributed by atoms with Crippen LogP contribution in [0.1, 0.15) is 23.7 Å². The molecule has 188 valence electrons. The predicted octanol–water partition coefficient (Wildman–Crippen LogP) is 1.61. The summed E-state index contributed by atoms with van der Waals surface area (Å²) in [6.45, 7) is 1.38. The van der Waals surface area contributed by atoms with Gasteiger partial charge in [0.05, 0.1) is 30.3 Å². The van der Waals surface area contributed by atoms with E-state index >= 15 is 0 Å². The molecule has 34 heavy (non-hydrogen) atoms. The number of aliphatic hydroxyl groups excluding tert-OH is 2. The van der Waals surface area contributed by atoms with Crippen LogP contribution >= 0.6 is 0 Å². The third-order valence-corrected chi connectivity index (χ3v) is 7.04. The molecule has 2 aromatic rings. The molecule has 0 spiro atoms. The number of hydrogen-bond acceptors (Lipinski definition) is 9. The summed E-state index contributed by atoms with van der Waals surface area (Å²) in [6.07, 6.45) is -3.15. The number of aliphatic hydroxyl groups is 2. The fourth-order valence-corrected chi connectivity index (χ4v) is 4.91. The Hall–Kier alpha value is -2.48. The van der Waals surface area contributed by atoms with Gasteiger partial charge in [-0.2, -0.15) is 13.2 Å². The summed E-state index contributed by atoms with van der Waals surface area (Å²) in [7, 11) is -2.11. The molecule has 13 heteroatoms. The van der Waals surface area contributed by atoms with Crippen molar-refractivity contribution in [3.63, 3.8) is 0 Å². The molecule has 1 aliphatic rings. The first-order valence-electron chi connectivity index (χ1n) is 10.4. The molecule has 0 bridgehead atoms. The van der Waals surface area contributed by atoms with E-state index in [9.17, 15) is 31.8 Å². The maximum absolute atomic E-state index is 13.5. The Morgan fingerprint density at radius 1 is 1.21 bits per heavy atom. The fraction of sp³-hybridized carbons (Fsp3) is 0.524. The first kappa shape index (κ1) is 26.1. The van der Waals surface area contributed by atoms with E-state index in [4.69, 9.17) is 4.74 Å². The molecule has 2 atom stereocenters. The van der Waals surface area contributed by atoms with Gasteiger partial charge in [-0.25, -0.2) is 18.4 Å². The summed E-state index contributed by atoms with van der Waals surface area (Å²) in [4.78, 5) is 11.3. The number of rotatable bonds is 7. The van der Waals surface area contributed by atoms with E-state index in [0.29, 0.717) is 18.8 Å². The molecule has 2 N–H and O–H groups in total. The average Bonchev–Trinajstić information content (AvgIpc) is 2.81. The number of halogens is 3. The van der Waals surface area contributed by atoms with Crippen LogP contribution in [0.25, 0.3) is 0 Å². The zero-order valence-electron chi connectivity index (χ0n) is 18.9. The number of benzene rings is 1. The first-order chi connectivity index (χ1) is 15.9. The van der Waals surface area contributed by atoms with Crippen LogP contribution in [0, 0.1) is 0 Å². The number of aromatic nitrogens is 2. The zero-order valence-corrected chi connectivity index (χ0v) is 19.8. The van der Waals surface area contributed by atoms with Crippen LogP contribution in [-0.2, 0) is 34.0 Å². The molecule has 2 heterocycles. The predicted molar refractivity (Wildman–Crippen MR) is 118 cm³/mol. The van der Waals surface area contributed by atoms with Gasteiger partial charge in [0, 0.05) is 50.4 Å². The smallest absolute Gasteiger partial charge is 0.392 e. The minimum atomic E-state index is -4.75. The Morgan fingerprint density at radius 3 is 2.44 bits per heavy atom. The highest BCUT2D eigenvalue weighted by Gasteiger charge is 2.38. The minimum absolute atomic E-state index is 0.0176. The van der Waals surface area contributed by atoms with Gasteiger partial charge in [0.1, 0.15) is 0 Å². The number of sulfone groups is 1. The molecule has 1 aromatic carbocycles. The van der Waals surface area contributed by atoms with Crippen LogP contribution in [0.2, 0.25) is 0 Å². The van der Waals surface area contributed by atoms with Gasteiger partial charge >= 0.3 is 6.18 Å². The number of alkyl halides is 3. The summed E-state index contributed by atoms with van der Waals surface area (Å²) in [6, 6.07) is 4.26. The van der Waals surface area contributed by atoms with E-state index in [1.807, 2.05) is 4.90 Å².